The maximum Gasteiger partial charge on any atom is 0.230 e. The van der Waals surface area contributed by atoms with Crippen molar-refractivity contribution in [3.8, 4) is 11.4 Å². The summed E-state index contributed by atoms with van der Waals surface area (Å²) in [5.41, 5.74) is 1.93. The first kappa shape index (κ1) is 14.8. The summed E-state index contributed by atoms with van der Waals surface area (Å²) in [6.45, 7) is 0. The molecule has 0 saturated carbocycles. The van der Waals surface area contributed by atoms with Gasteiger partial charge >= 0.3 is 0 Å². The summed E-state index contributed by atoms with van der Waals surface area (Å²) in [6.07, 6.45) is 7.02. The van der Waals surface area contributed by atoms with E-state index >= 15 is 0 Å². The summed E-state index contributed by atoms with van der Waals surface area (Å²) in [7, 11) is 0. The highest BCUT2D eigenvalue weighted by Crippen LogP contribution is 2.23. The summed E-state index contributed by atoms with van der Waals surface area (Å²) >= 11 is 1.13. The van der Waals surface area contributed by atoms with Gasteiger partial charge in [-0.3, -0.25) is 4.79 Å². The zero-order valence-electron chi connectivity index (χ0n) is 12.0. The van der Waals surface area contributed by atoms with Crippen molar-refractivity contribution in [3.05, 3.63) is 41.7 Å². The molecule has 3 rings (SSSR count). The van der Waals surface area contributed by atoms with E-state index in [1.807, 2.05) is 0 Å². The highest BCUT2D eigenvalue weighted by Gasteiger charge is 2.12. The first-order chi connectivity index (χ1) is 10.7. The van der Waals surface area contributed by atoms with E-state index in [9.17, 15) is 9.18 Å². The number of aromatic nitrogens is 2. The van der Waals surface area contributed by atoms with Crippen LogP contribution in [0.15, 0.2) is 35.9 Å². The number of halogens is 1. The lowest BCUT2D eigenvalue weighted by Crippen LogP contribution is -2.12. The van der Waals surface area contributed by atoms with Crippen LogP contribution in [0.3, 0.4) is 0 Å². The minimum Gasteiger partial charge on any atom is -0.300 e. The van der Waals surface area contributed by atoms with Gasteiger partial charge in [0, 0.05) is 23.5 Å². The Bertz CT molecular complexity index is 694. The van der Waals surface area contributed by atoms with Crippen LogP contribution in [0.4, 0.5) is 9.52 Å². The summed E-state index contributed by atoms with van der Waals surface area (Å²) < 4.78 is 17.1. The molecule has 1 heterocycles. The number of rotatable bonds is 4. The van der Waals surface area contributed by atoms with Gasteiger partial charge in [0.1, 0.15) is 5.82 Å². The Kier molecular flexibility index (Phi) is 4.58. The Morgan fingerprint density at radius 1 is 1.27 bits per heavy atom. The molecular formula is C16H16FN3OS. The van der Waals surface area contributed by atoms with Crippen molar-refractivity contribution in [1.29, 1.82) is 0 Å². The topological polar surface area (TPSA) is 54.9 Å². The van der Waals surface area contributed by atoms with Crippen LogP contribution in [0, 0.1) is 5.82 Å². The fraction of sp³-hybridized carbons (Fsp3) is 0.312. The van der Waals surface area contributed by atoms with Gasteiger partial charge in [-0.05, 0) is 49.9 Å². The van der Waals surface area contributed by atoms with E-state index in [1.165, 1.54) is 24.1 Å². The number of allylic oxidation sites excluding steroid dienone is 1. The Labute approximate surface area is 132 Å². The van der Waals surface area contributed by atoms with Gasteiger partial charge in [0.25, 0.3) is 0 Å². The average Bonchev–Trinajstić information content (AvgIpc) is 2.97. The van der Waals surface area contributed by atoms with Gasteiger partial charge in [0.2, 0.25) is 11.0 Å². The molecule has 1 amide bonds. The number of hydrogen-bond acceptors (Lipinski definition) is 4. The van der Waals surface area contributed by atoms with E-state index in [1.54, 1.807) is 12.1 Å². The van der Waals surface area contributed by atoms with Crippen molar-refractivity contribution in [2.24, 2.45) is 0 Å². The lowest BCUT2D eigenvalue weighted by molar-refractivity contribution is -0.115. The quantitative estimate of drug-likeness (QED) is 0.861. The van der Waals surface area contributed by atoms with Gasteiger partial charge in [0.15, 0.2) is 5.82 Å². The number of hydrogen-bond donors (Lipinski definition) is 1. The first-order valence-electron chi connectivity index (χ1n) is 7.28. The molecule has 0 aliphatic heterocycles. The highest BCUT2D eigenvalue weighted by molar-refractivity contribution is 7.10. The monoisotopic (exact) mass is 317 g/mol. The SMILES string of the molecule is O=C(CC1=CCCCC1)Nc1nc(-c2ccc(F)cc2)ns1. The molecule has 0 atom stereocenters. The van der Waals surface area contributed by atoms with Crippen molar-refractivity contribution < 1.29 is 9.18 Å². The number of carbonyl (C=O) groups excluding carboxylic acids is 1. The molecule has 1 aliphatic carbocycles. The molecular weight excluding hydrogens is 301 g/mol. The Hall–Kier alpha value is -2.08. The molecule has 1 aromatic heterocycles. The second kappa shape index (κ2) is 6.79. The van der Waals surface area contributed by atoms with Crippen molar-refractivity contribution in [3.63, 3.8) is 0 Å². The Morgan fingerprint density at radius 3 is 2.82 bits per heavy atom. The van der Waals surface area contributed by atoms with E-state index < -0.39 is 0 Å². The Balaban J connectivity index is 1.62. The van der Waals surface area contributed by atoms with Crippen LogP contribution in [0.1, 0.15) is 32.1 Å². The molecule has 4 nitrogen and oxygen atoms in total. The minimum atomic E-state index is -0.298. The van der Waals surface area contributed by atoms with E-state index in [0.717, 1.165) is 36.4 Å². The molecule has 0 unspecified atom stereocenters. The van der Waals surface area contributed by atoms with Crippen LogP contribution in [-0.4, -0.2) is 15.3 Å². The lowest BCUT2D eigenvalue weighted by atomic mass is 9.97. The van der Waals surface area contributed by atoms with Gasteiger partial charge in [-0.15, -0.1) is 0 Å². The number of nitrogens with zero attached hydrogens (tertiary/aromatic N) is 2. The van der Waals surface area contributed by atoms with Crippen molar-refractivity contribution in [1.82, 2.24) is 9.36 Å². The van der Waals surface area contributed by atoms with Crippen molar-refractivity contribution in [2.75, 3.05) is 5.32 Å². The summed E-state index contributed by atoms with van der Waals surface area (Å²) in [5.74, 6) is 0.139. The second-order valence-corrected chi connectivity index (χ2v) is 6.01. The standard InChI is InChI=1S/C16H16FN3OS/c17-13-8-6-12(7-9-13)15-19-16(22-20-15)18-14(21)10-11-4-2-1-3-5-11/h4,6-9H,1-3,5,10H2,(H,18,19,20,21). The van der Waals surface area contributed by atoms with E-state index in [-0.39, 0.29) is 11.7 Å². The number of anilines is 1. The molecule has 0 fully saturated rings. The summed E-state index contributed by atoms with van der Waals surface area (Å²) in [4.78, 5) is 16.3. The fourth-order valence-corrected chi connectivity index (χ4v) is 3.03. The van der Waals surface area contributed by atoms with E-state index in [0.29, 0.717) is 17.4 Å². The number of nitrogens with one attached hydrogen (secondary N) is 1. The molecule has 0 radical (unpaired) electrons. The average molecular weight is 317 g/mol. The molecule has 6 heteroatoms. The zero-order valence-corrected chi connectivity index (χ0v) is 12.8. The van der Waals surface area contributed by atoms with Crippen LogP contribution < -0.4 is 5.32 Å². The molecule has 0 bridgehead atoms. The van der Waals surface area contributed by atoms with Gasteiger partial charge in [-0.25, -0.2) is 4.39 Å². The van der Waals surface area contributed by atoms with Crippen LogP contribution in [0.2, 0.25) is 0 Å². The predicted molar refractivity (Wildman–Crippen MR) is 85.1 cm³/mol. The third kappa shape index (κ3) is 3.76. The molecule has 2 aromatic rings. The summed E-state index contributed by atoms with van der Waals surface area (Å²) in [6, 6.07) is 5.97. The molecule has 0 saturated heterocycles. The third-order valence-corrected chi connectivity index (χ3v) is 4.18. The van der Waals surface area contributed by atoms with E-state index in [4.69, 9.17) is 0 Å². The van der Waals surface area contributed by atoms with Crippen molar-refractivity contribution in [2.45, 2.75) is 32.1 Å². The first-order valence-corrected chi connectivity index (χ1v) is 8.05. The smallest absolute Gasteiger partial charge is 0.230 e. The van der Waals surface area contributed by atoms with Crippen molar-refractivity contribution >= 4 is 22.6 Å². The molecule has 1 aliphatic rings. The molecule has 22 heavy (non-hydrogen) atoms. The Morgan fingerprint density at radius 2 is 2.09 bits per heavy atom. The number of amides is 1. The van der Waals surface area contributed by atoms with Gasteiger partial charge < -0.3 is 5.32 Å². The van der Waals surface area contributed by atoms with Crippen LogP contribution in [0.5, 0.6) is 0 Å². The molecule has 1 aromatic carbocycles. The molecule has 0 spiro atoms. The predicted octanol–water partition coefficient (Wildman–Crippen LogP) is 4.17. The molecule has 1 N–H and O–H groups in total. The largest absolute Gasteiger partial charge is 0.300 e. The van der Waals surface area contributed by atoms with Gasteiger partial charge in [-0.2, -0.15) is 9.36 Å². The van der Waals surface area contributed by atoms with Gasteiger partial charge in [-0.1, -0.05) is 11.6 Å². The maximum absolute atomic E-state index is 12.9. The summed E-state index contributed by atoms with van der Waals surface area (Å²) in [5, 5.41) is 3.25. The second-order valence-electron chi connectivity index (χ2n) is 5.26. The number of carbonyl (C=O) groups is 1. The van der Waals surface area contributed by atoms with Crippen LogP contribution in [-0.2, 0) is 4.79 Å². The zero-order chi connectivity index (χ0) is 15.4. The highest BCUT2D eigenvalue weighted by atomic mass is 32.1. The van der Waals surface area contributed by atoms with E-state index in [2.05, 4.69) is 20.8 Å². The maximum atomic E-state index is 12.9. The number of benzene rings is 1. The van der Waals surface area contributed by atoms with Gasteiger partial charge in [0.05, 0.1) is 0 Å². The minimum absolute atomic E-state index is 0.0602. The third-order valence-electron chi connectivity index (χ3n) is 3.55. The fourth-order valence-electron chi connectivity index (χ4n) is 2.43. The molecule has 114 valence electrons. The lowest BCUT2D eigenvalue weighted by Gasteiger charge is -2.11. The van der Waals surface area contributed by atoms with Crippen LogP contribution in [0.25, 0.3) is 11.4 Å². The van der Waals surface area contributed by atoms with Crippen LogP contribution >= 0.6 is 11.5 Å². The normalized spacial score (nSPS) is 14.5.